The van der Waals surface area contributed by atoms with E-state index in [1.54, 1.807) is 24.1 Å². The summed E-state index contributed by atoms with van der Waals surface area (Å²) in [5.41, 5.74) is 1.59. The number of methoxy groups -OCH3 is 1. The molecule has 132 valence electrons. The van der Waals surface area contributed by atoms with E-state index < -0.39 is 0 Å². The molecular formula is C19H16ClN3O3. The Kier molecular flexibility index (Phi) is 4.34. The molecule has 26 heavy (non-hydrogen) atoms. The van der Waals surface area contributed by atoms with Crippen LogP contribution in [0.25, 0.3) is 11.5 Å². The Hall–Kier alpha value is -2.86. The Bertz CT molecular complexity index is 942. The third kappa shape index (κ3) is 3.04. The fourth-order valence-corrected chi connectivity index (χ4v) is 3.30. The number of amides is 1. The largest absolute Gasteiger partial charge is 0.495 e. The lowest BCUT2D eigenvalue weighted by molar-refractivity contribution is -0.117. The summed E-state index contributed by atoms with van der Waals surface area (Å²) in [6, 6.07) is 14.9. The third-order valence-corrected chi connectivity index (χ3v) is 4.70. The molecule has 1 saturated heterocycles. The molecule has 0 bridgehead atoms. The normalized spacial score (nSPS) is 16.9. The molecule has 0 N–H and O–H groups in total. The van der Waals surface area contributed by atoms with Crippen LogP contribution in [0.4, 0.5) is 5.69 Å². The Morgan fingerprint density at radius 2 is 2.04 bits per heavy atom. The van der Waals surface area contributed by atoms with Crippen molar-refractivity contribution in [3.8, 4) is 17.2 Å². The smallest absolute Gasteiger partial charge is 0.257 e. The quantitative estimate of drug-likeness (QED) is 0.697. The monoisotopic (exact) mass is 369 g/mol. The van der Waals surface area contributed by atoms with Crippen molar-refractivity contribution in [1.29, 1.82) is 0 Å². The first kappa shape index (κ1) is 16.6. The lowest BCUT2D eigenvalue weighted by Gasteiger charge is -2.17. The lowest BCUT2D eigenvalue weighted by Crippen LogP contribution is -2.24. The van der Waals surface area contributed by atoms with Crippen LogP contribution in [0, 0.1) is 0 Å². The maximum absolute atomic E-state index is 12.5. The van der Waals surface area contributed by atoms with Gasteiger partial charge in [-0.1, -0.05) is 35.0 Å². The molecule has 2 heterocycles. The Morgan fingerprint density at radius 1 is 1.23 bits per heavy atom. The molecule has 6 nitrogen and oxygen atoms in total. The molecule has 0 spiro atoms. The van der Waals surface area contributed by atoms with Crippen molar-refractivity contribution in [2.75, 3.05) is 18.6 Å². The molecule has 0 saturated carbocycles. The predicted octanol–water partition coefficient (Wildman–Crippen LogP) is 3.92. The zero-order valence-corrected chi connectivity index (χ0v) is 14.8. The van der Waals surface area contributed by atoms with Crippen LogP contribution in [0.5, 0.6) is 5.75 Å². The standard InChI is InChI=1S/C19H16ClN3O3/c1-25-16-8-7-14(10-15(16)20)23-11-13(9-17(23)24)18-21-19(26-22-18)12-5-3-2-4-6-12/h2-8,10,13H,9,11H2,1H3. The van der Waals surface area contributed by atoms with Crippen LogP contribution in [0.2, 0.25) is 5.02 Å². The van der Waals surface area contributed by atoms with E-state index in [1.807, 2.05) is 36.4 Å². The van der Waals surface area contributed by atoms with Crippen LogP contribution in [-0.4, -0.2) is 29.7 Å². The highest BCUT2D eigenvalue weighted by Crippen LogP contribution is 2.35. The van der Waals surface area contributed by atoms with Gasteiger partial charge in [0.25, 0.3) is 5.89 Å². The molecule has 1 aliphatic rings. The van der Waals surface area contributed by atoms with Crippen LogP contribution in [0.15, 0.2) is 53.1 Å². The maximum atomic E-state index is 12.5. The highest BCUT2D eigenvalue weighted by atomic mass is 35.5. The molecule has 1 aromatic heterocycles. The van der Waals surface area contributed by atoms with E-state index in [9.17, 15) is 4.79 Å². The van der Waals surface area contributed by atoms with Gasteiger partial charge in [0.15, 0.2) is 5.82 Å². The second-order valence-electron chi connectivity index (χ2n) is 6.05. The minimum Gasteiger partial charge on any atom is -0.495 e. The number of halogens is 1. The number of nitrogens with zero attached hydrogens (tertiary/aromatic N) is 3. The molecule has 3 aromatic rings. The van der Waals surface area contributed by atoms with Gasteiger partial charge in [0, 0.05) is 30.1 Å². The molecule has 2 aromatic carbocycles. The van der Waals surface area contributed by atoms with Gasteiger partial charge in [0.05, 0.1) is 12.1 Å². The van der Waals surface area contributed by atoms with Gasteiger partial charge in [-0.3, -0.25) is 4.79 Å². The number of aromatic nitrogens is 2. The van der Waals surface area contributed by atoms with Crippen molar-refractivity contribution < 1.29 is 14.1 Å². The minimum absolute atomic E-state index is 0.00212. The van der Waals surface area contributed by atoms with Crippen LogP contribution < -0.4 is 9.64 Å². The van der Waals surface area contributed by atoms with Gasteiger partial charge in [-0.05, 0) is 30.3 Å². The van der Waals surface area contributed by atoms with E-state index >= 15 is 0 Å². The first-order valence-electron chi connectivity index (χ1n) is 8.18. The van der Waals surface area contributed by atoms with E-state index in [-0.39, 0.29) is 11.8 Å². The number of hydrogen-bond donors (Lipinski definition) is 0. The number of anilines is 1. The van der Waals surface area contributed by atoms with Crippen molar-refractivity contribution in [2.24, 2.45) is 0 Å². The molecule has 1 amide bonds. The number of benzene rings is 2. The summed E-state index contributed by atoms with van der Waals surface area (Å²) in [4.78, 5) is 18.6. The van der Waals surface area contributed by atoms with E-state index in [4.69, 9.17) is 20.9 Å². The minimum atomic E-state index is -0.121. The second-order valence-corrected chi connectivity index (χ2v) is 6.46. The maximum Gasteiger partial charge on any atom is 0.257 e. The van der Waals surface area contributed by atoms with Crippen molar-refractivity contribution >= 4 is 23.2 Å². The number of rotatable bonds is 4. The van der Waals surface area contributed by atoms with Gasteiger partial charge >= 0.3 is 0 Å². The zero-order valence-electron chi connectivity index (χ0n) is 14.1. The highest BCUT2D eigenvalue weighted by molar-refractivity contribution is 6.32. The fraction of sp³-hybridized carbons (Fsp3) is 0.211. The summed E-state index contributed by atoms with van der Waals surface area (Å²) in [6.07, 6.45) is 0.331. The highest BCUT2D eigenvalue weighted by Gasteiger charge is 2.34. The first-order valence-corrected chi connectivity index (χ1v) is 8.56. The van der Waals surface area contributed by atoms with Gasteiger partial charge in [-0.15, -0.1) is 0 Å². The second kappa shape index (κ2) is 6.80. The van der Waals surface area contributed by atoms with E-state index in [0.29, 0.717) is 35.5 Å². The first-order chi connectivity index (χ1) is 12.7. The summed E-state index contributed by atoms with van der Waals surface area (Å²) in [5, 5.41) is 4.54. The average Bonchev–Trinajstić information content (AvgIpc) is 3.29. The Balaban J connectivity index is 1.55. The number of carbonyl (C=O) groups excluding carboxylic acids is 1. The summed E-state index contributed by atoms with van der Waals surface area (Å²) < 4.78 is 10.5. The van der Waals surface area contributed by atoms with Gasteiger partial charge in [0.2, 0.25) is 5.91 Å². The van der Waals surface area contributed by atoms with Crippen molar-refractivity contribution in [2.45, 2.75) is 12.3 Å². The van der Waals surface area contributed by atoms with E-state index in [1.165, 1.54) is 0 Å². The van der Waals surface area contributed by atoms with Gasteiger partial charge in [-0.25, -0.2) is 0 Å². The zero-order chi connectivity index (χ0) is 18.1. The van der Waals surface area contributed by atoms with Crippen LogP contribution in [0.1, 0.15) is 18.2 Å². The van der Waals surface area contributed by atoms with E-state index in [2.05, 4.69) is 10.1 Å². The summed E-state index contributed by atoms with van der Waals surface area (Å²) in [7, 11) is 1.55. The lowest BCUT2D eigenvalue weighted by atomic mass is 10.1. The average molecular weight is 370 g/mol. The van der Waals surface area contributed by atoms with Crippen LogP contribution in [-0.2, 0) is 4.79 Å². The molecule has 0 radical (unpaired) electrons. The van der Waals surface area contributed by atoms with E-state index in [0.717, 1.165) is 11.3 Å². The topological polar surface area (TPSA) is 68.5 Å². The van der Waals surface area contributed by atoms with Crippen molar-refractivity contribution in [3.05, 3.63) is 59.4 Å². The predicted molar refractivity (Wildman–Crippen MR) is 97.4 cm³/mol. The summed E-state index contributed by atoms with van der Waals surface area (Å²) >= 11 is 6.18. The third-order valence-electron chi connectivity index (χ3n) is 4.40. The molecule has 0 aliphatic carbocycles. The molecule has 1 fully saturated rings. The Morgan fingerprint density at radius 3 is 2.77 bits per heavy atom. The molecule has 1 unspecified atom stereocenters. The van der Waals surface area contributed by atoms with Crippen molar-refractivity contribution in [3.63, 3.8) is 0 Å². The Labute approximate surface area is 155 Å². The molecule has 1 aliphatic heterocycles. The molecule has 7 heteroatoms. The van der Waals surface area contributed by atoms with Gasteiger partial charge in [0.1, 0.15) is 5.75 Å². The molecule has 4 rings (SSSR count). The van der Waals surface area contributed by atoms with Crippen LogP contribution in [0.3, 0.4) is 0 Å². The summed E-state index contributed by atoms with van der Waals surface area (Å²) in [6.45, 7) is 0.481. The van der Waals surface area contributed by atoms with Crippen molar-refractivity contribution in [1.82, 2.24) is 10.1 Å². The van der Waals surface area contributed by atoms with Crippen LogP contribution >= 0.6 is 11.6 Å². The van der Waals surface area contributed by atoms with Gasteiger partial charge in [-0.2, -0.15) is 4.98 Å². The molecular weight excluding hydrogens is 354 g/mol. The number of hydrogen-bond acceptors (Lipinski definition) is 5. The SMILES string of the molecule is COc1ccc(N2CC(c3noc(-c4ccccc4)n3)CC2=O)cc1Cl. The molecule has 1 atom stereocenters. The number of carbonyl (C=O) groups is 1. The van der Waals surface area contributed by atoms with Gasteiger partial charge < -0.3 is 14.2 Å². The fourth-order valence-electron chi connectivity index (χ4n) is 3.05. The number of ether oxygens (including phenoxy) is 1. The summed E-state index contributed by atoms with van der Waals surface area (Å²) in [5.74, 6) is 1.45.